The molecule has 2 N–H and O–H groups in total. The molecule has 1 unspecified atom stereocenters. The van der Waals surface area contributed by atoms with E-state index in [0.717, 1.165) is 28.9 Å². The van der Waals surface area contributed by atoms with Gasteiger partial charge in [0.2, 0.25) is 0 Å². The number of aromatic nitrogens is 4. The van der Waals surface area contributed by atoms with Crippen LogP contribution >= 0.6 is 0 Å². The topological polar surface area (TPSA) is 93.8 Å². The van der Waals surface area contributed by atoms with Gasteiger partial charge in [0.05, 0.1) is 53.6 Å². The number of rotatable bonds is 4. The Labute approximate surface area is 305 Å². The number of terminal acetylenes is 1. The highest BCUT2D eigenvalue weighted by Crippen LogP contribution is 2.39. The fourth-order valence-corrected chi connectivity index (χ4v) is 6.18. The number of alkyl halides is 6. The largest absolute Gasteiger partial charge is 0.416 e. The Kier molecular flexibility index (Phi) is 10.4. The number of carbonyl (C=O) groups is 2. The number of nitrogens with zero attached hydrogens (tertiary/aromatic N) is 4. The van der Waals surface area contributed by atoms with Crippen LogP contribution in [0.5, 0.6) is 0 Å². The van der Waals surface area contributed by atoms with Crippen LogP contribution in [-0.4, -0.2) is 44.5 Å². The maximum Gasteiger partial charge on any atom is 0.416 e. The average Bonchev–Trinajstić information content (AvgIpc) is 3.96. The van der Waals surface area contributed by atoms with E-state index in [1.165, 1.54) is 16.8 Å². The van der Waals surface area contributed by atoms with Crippen molar-refractivity contribution in [2.24, 2.45) is 0 Å². The maximum absolute atomic E-state index is 13.0. The monoisotopic (exact) mass is 740 g/mol. The second-order valence-electron chi connectivity index (χ2n) is 12.2. The third-order valence-corrected chi connectivity index (χ3v) is 8.77. The molecule has 4 heterocycles. The fourth-order valence-electron chi connectivity index (χ4n) is 6.18. The van der Waals surface area contributed by atoms with Gasteiger partial charge < -0.3 is 19.8 Å². The van der Waals surface area contributed by atoms with Gasteiger partial charge in [-0.05, 0) is 47.5 Å². The number of nitrogens with one attached hydrogen (secondary N) is 2. The van der Waals surface area contributed by atoms with Gasteiger partial charge in [0.1, 0.15) is 0 Å². The van der Waals surface area contributed by atoms with Crippen LogP contribution < -0.4 is 10.6 Å². The Bertz CT molecular complexity index is 2340. The molecular weight excluding hydrogens is 710 g/mol. The minimum absolute atomic E-state index is 0.0121. The second-order valence-corrected chi connectivity index (χ2v) is 12.2. The number of benzene rings is 4. The summed E-state index contributed by atoms with van der Waals surface area (Å²) >= 11 is 0. The van der Waals surface area contributed by atoms with Crippen LogP contribution in [0.2, 0.25) is 0 Å². The molecule has 1 atom stereocenters. The first-order valence-corrected chi connectivity index (χ1v) is 16.3. The second kappa shape index (κ2) is 15.2. The lowest BCUT2D eigenvalue weighted by molar-refractivity contribution is -0.143. The fraction of sp³-hybridized carbons (Fsp3) is 0.150. The van der Waals surface area contributed by atoms with Crippen LogP contribution in [0.15, 0.2) is 116 Å². The summed E-state index contributed by atoms with van der Waals surface area (Å²) in [5.74, 6) is 1.32. The minimum atomic E-state index is -5.02. The van der Waals surface area contributed by atoms with E-state index < -0.39 is 35.0 Å². The number of carbonyl (C=O) groups excluding carboxylic acids is 2. The zero-order valence-corrected chi connectivity index (χ0v) is 28.4. The molecule has 2 aliphatic rings. The Hall–Kier alpha value is -6.62. The van der Waals surface area contributed by atoms with E-state index in [1.807, 2.05) is 30.7 Å². The van der Waals surface area contributed by atoms with Crippen molar-refractivity contribution in [2.75, 3.05) is 13.6 Å². The molecule has 54 heavy (non-hydrogen) atoms. The molecule has 0 bridgehead atoms. The normalized spacial score (nSPS) is 13.4. The number of hydrogen-bond acceptors (Lipinski definition) is 4. The zero-order valence-electron chi connectivity index (χ0n) is 28.4. The standard InChI is InChI=1S/C20H13F6N3O.C10H8N2.C10H9NO/c21-19(22,23)12-5-11(6-13(7-12)20(24,25)26)18(30)28-9-17-15-4-2-1-3-14(15)16-8-27-10-29(16)17;1-2-4-9-8(3-1)6-12-7-11-5-10(9)12;1-3-8-5-4-6-9(7-8)10(12)11-2/h1-8,10,17H,9H2,(H,28,30);1-5,7H,6H2;1,4-7H,2H3,(H,11,12). The van der Waals surface area contributed by atoms with Crippen molar-refractivity contribution in [1.82, 2.24) is 29.7 Å². The van der Waals surface area contributed by atoms with E-state index in [-0.39, 0.29) is 24.6 Å². The van der Waals surface area contributed by atoms with Gasteiger partial charge in [-0.3, -0.25) is 9.59 Å². The van der Waals surface area contributed by atoms with Gasteiger partial charge in [-0.1, -0.05) is 60.5 Å². The van der Waals surface area contributed by atoms with Crippen LogP contribution in [0.25, 0.3) is 22.5 Å². The third kappa shape index (κ3) is 7.90. The van der Waals surface area contributed by atoms with Crippen LogP contribution in [0.3, 0.4) is 0 Å². The molecular formula is C40H30F6N6O2. The Morgan fingerprint density at radius 2 is 1.43 bits per heavy atom. The summed E-state index contributed by atoms with van der Waals surface area (Å²) in [5, 5.41) is 4.97. The van der Waals surface area contributed by atoms with Gasteiger partial charge in [-0.2, -0.15) is 26.3 Å². The van der Waals surface area contributed by atoms with Crippen LogP contribution in [0.1, 0.15) is 54.6 Å². The number of hydrogen-bond donors (Lipinski definition) is 2. The summed E-state index contributed by atoms with van der Waals surface area (Å²) < 4.78 is 82.1. The van der Waals surface area contributed by atoms with Crippen LogP contribution in [0.4, 0.5) is 26.3 Å². The zero-order chi connectivity index (χ0) is 38.6. The van der Waals surface area contributed by atoms with E-state index in [1.54, 1.807) is 54.5 Å². The molecule has 8 rings (SSSR count). The Morgan fingerprint density at radius 3 is 2.11 bits per heavy atom. The predicted molar refractivity (Wildman–Crippen MR) is 189 cm³/mol. The highest BCUT2D eigenvalue weighted by Gasteiger charge is 2.38. The lowest BCUT2D eigenvalue weighted by Gasteiger charge is -2.17. The Morgan fingerprint density at radius 1 is 0.778 bits per heavy atom. The average molecular weight is 741 g/mol. The van der Waals surface area contributed by atoms with E-state index in [2.05, 4.69) is 55.4 Å². The van der Waals surface area contributed by atoms with Crippen LogP contribution in [0, 0.1) is 12.3 Å². The summed E-state index contributed by atoms with van der Waals surface area (Å²) in [6, 6.07) is 23.2. The summed E-state index contributed by atoms with van der Waals surface area (Å²) in [6.45, 7) is 0.947. The smallest absolute Gasteiger partial charge is 0.355 e. The third-order valence-electron chi connectivity index (χ3n) is 8.77. The van der Waals surface area contributed by atoms with Gasteiger partial charge in [0.25, 0.3) is 11.8 Å². The maximum atomic E-state index is 13.0. The van der Waals surface area contributed by atoms with Crippen molar-refractivity contribution in [1.29, 1.82) is 0 Å². The van der Waals surface area contributed by atoms with Crippen LogP contribution in [-0.2, 0) is 18.9 Å². The van der Waals surface area contributed by atoms with E-state index in [4.69, 9.17) is 6.42 Å². The lowest BCUT2D eigenvalue weighted by atomic mass is 10.0. The first-order valence-electron chi connectivity index (χ1n) is 16.3. The summed E-state index contributed by atoms with van der Waals surface area (Å²) in [6.07, 6.45) is 2.14. The molecule has 8 nitrogen and oxygen atoms in total. The molecule has 0 saturated carbocycles. The van der Waals surface area contributed by atoms with E-state index in [9.17, 15) is 35.9 Å². The van der Waals surface area contributed by atoms with Crippen molar-refractivity contribution in [3.05, 3.63) is 155 Å². The molecule has 2 aliphatic heterocycles. The SMILES string of the molecule is C#Cc1cccc(C(=O)NC)c1.O=C(NCC1c2ccccc2-c2cncn21)c1cc(C(F)(F)F)cc(C(F)(F)F)c1.c1ccc2c(c1)Cn1cncc1-2. The minimum Gasteiger partial charge on any atom is -0.355 e. The van der Waals surface area contributed by atoms with Crippen molar-refractivity contribution in [3.8, 4) is 34.9 Å². The first-order chi connectivity index (χ1) is 25.8. The highest BCUT2D eigenvalue weighted by molar-refractivity contribution is 5.95. The molecule has 274 valence electrons. The molecule has 0 fully saturated rings. The van der Waals surface area contributed by atoms with Gasteiger partial charge >= 0.3 is 12.4 Å². The summed E-state index contributed by atoms with van der Waals surface area (Å²) in [5.41, 5.74) is 4.07. The summed E-state index contributed by atoms with van der Waals surface area (Å²) in [4.78, 5) is 31.7. The van der Waals surface area contributed by atoms with Crippen molar-refractivity contribution >= 4 is 11.8 Å². The van der Waals surface area contributed by atoms with E-state index >= 15 is 0 Å². The van der Waals surface area contributed by atoms with Gasteiger partial charge in [0.15, 0.2) is 0 Å². The molecule has 6 aromatic rings. The molecule has 0 spiro atoms. The highest BCUT2D eigenvalue weighted by atomic mass is 19.4. The van der Waals surface area contributed by atoms with Crippen molar-refractivity contribution in [3.63, 3.8) is 0 Å². The Balaban J connectivity index is 0.000000168. The van der Waals surface area contributed by atoms with Crippen molar-refractivity contribution in [2.45, 2.75) is 24.9 Å². The quantitative estimate of drug-likeness (QED) is 0.142. The van der Waals surface area contributed by atoms with E-state index in [0.29, 0.717) is 17.7 Å². The molecule has 2 aromatic heterocycles. The van der Waals surface area contributed by atoms with Gasteiger partial charge in [-0.25, -0.2) is 9.97 Å². The molecule has 0 saturated heterocycles. The summed E-state index contributed by atoms with van der Waals surface area (Å²) in [7, 11) is 1.59. The van der Waals surface area contributed by atoms with Gasteiger partial charge in [-0.15, -0.1) is 6.42 Å². The number of imidazole rings is 2. The molecule has 0 aliphatic carbocycles. The van der Waals surface area contributed by atoms with Crippen molar-refractivity contribution < 1.29 is 35.9 Å². The molecule has 14 heteroatoms. The lowest BCUT2D eigenvalue weighted by Crippen LogP contribution is -2.30. The molecule has 2 amide bonds. The number of amides is 2. The predicted octanol–water partition coefficient (Wildman–Crippen LogP) is 7.86. The molecule has 4 aromatic carbocycles. The molecule has 0 radical (unpaired) electrons. The van der Waals surface area contributed by atoms with Gasteiger partial charge in [0, 0.05) is 48.0 Å². The number of fused-ring (bicyclic) bond motifs is 6. The first kappa shape index (κ1) is 37.1. The number of halogens is 6.